The average molecular weight is 301 g/mol. The first kappa shape index (κ1) is 9.92. The van der Waals surface area contributed by atoms with Crippen molar-refractivity contribution in [3.8, 4) is 0 Å². The quantitative estimate of drug-likeness (QED) is 0.444. The summed E-state index contributed by atoms with van der Waals surface area (Å²) < 4.78 is 25.9. The van der Waals surface area contributed by atoms with Gasteiger partial charge in [0.05, 0.1) is 14.6 Å². The lowest BCUT2D eigenvalue weighted by Crippen LogP contribution is -1.99. The van der Waals surface area contributed by atoms with Crippen LogP contribution in [0.2, 0.25) is 0 Å². The van der Waals surface area contributed by atoms with E-state index in [9.17, 15) is 8.78 Å². The molecule has 0 heterocycles. The molecule has 0 spiro atoms. The van der Waals surface area contributed by atoms with E-state index in [1.54, 1.807) is 6.92 Å². The molecule has 0 aliphatic rings. The summed E-state index contributed by atoms with van der Waals surface area (Å²) >= 11 is 5.75. The van der Waals surface area contributed by atoms with Gasteiger partial charge in [0.2, 0.25) is 0 Å². The van der Waals surface area contributed by atoms with Gasteiger partial charge < -0.3 is 5.73 Å². The normalized spacial score (nSPS) is 10.4. The van der Waals surface area contributed by atoms with Crippen LogP contribution in [0.5, 0.6) is 0 Å². The van der Waals surface area contributed by atoms with Crippen LogP contribution in [-0.2, 0) is 0 Å². The van der Waals surface area contributed by atoms with Gasteiger partial charge in [0.15, 0.2) is 11.6 Å². The zero-order valence-electron chi connectivity index (χ0n) is 6.09. The molecule has 0 amide bonds. The van der Waals surface area contributed by atoms with Crippen molar-refractivity contribution in [1.82, 2.24) is 0 Å². The fourth-order valence-corrected chi connectivity index (χ4v) is 1.62. The van der Waals surface area contributed by atoms with Gasteiger partial charge in [-0.1, -0.05) is 0 Å². The first-order valence-corrected chi connectivity index (χ1v) is 4.63. The van der Waals surface area contributed by atoms with E-state index in [1.165, 1.54) is 0 Å². The molecule has 66 valence electrons. The molecule has 0 bridgehead atoms. The summed E-state index contributed by atoms with van der Waals surface area (Å²) in [6.07, 6.45) is 0. The average Bonchev–Trinajstić information content (AvgIpc) is 2.08. The predicted molar refractivity (Wildman–Crippen MR) is 50.9 cm³/mol. The molecule has 0 atom stereocenters. The molecule has 0 unspecified atom stereocenters. The molecule has 0 aromatic heterocycles. The second kappa shape index (κ2) is 3.30. The van der Waals surface area contributed by atoms with E-state index in [0.717, 1.165) is 0 Å². The minimum Gasteiger partial charge on any atom is -0.397 e. The lowest BCUT2D eigenvalue weighted by Gasteiger charge is -2.07. The van der Waals surface area contributed by atoms with E-state index >= 15 is 0 Å². The maximum absolute atomic E-state index is 12.9. The zero-order valence-corrected chi connectivity index (χ0v) is 9.26. The van der Waals surface area contributed by atoms with Gasteiger partial charge in [0.25, 0.3) is 0 Å². The van der Waals surface area contributed by atoms with E-state index in [2.05, 4.69) is 31.9 Å². The number of nitrogens with two attached hydrogens (primary N) is 1. The lowest BCUT2D eigenvalue weighted by molar-refractivity contribution is 0.499. The Balaban J connectivity index is 3.60. The van der Waals surface area contributed by atoms with E-state index in [4.69, 9.17) is 5.73 Å². The Kier molecular flexibility index (Phi) is 2.73. The Morgan fingerprint density at radius 2 is 1.50 bits per heavy atom. The van der Waals surface area contributed by atoms with Gasteiger partial charge in [-0.2, -0.15) is 0 Å². The van der Waals surface area contributed by atoms with E-state index in [0.29, 0.717) is 5.56 Å². The van der Waals surface area contributed by atoms with Crippen LogP contribution < -0.4 is 5.73 Å². The lowest BCUT2D eigenvalue weighted by atomic mass is 10.2. The molecule has 1 nitrogen and oxygen atoms in total. The van der Waals surface area contributed by atoms with Gasteiger partial charge in [-0.25, -0.2) is 8.78 Å². The first-order chi connectivity index (χ1) is 5.46. The molecule has 2 N–H and O–H groups in total. The van der Waals surface area contributed by atoms with Crippen molar-refractivity contribution < 1.29 is 8.78 Å². The SMILES string of the molecule is Cc1c(N)c(Br)c(F)c(F)c1Br. The van der Waals surface area contributed by atoms with Crippen LogP contribution in [0, 0.1) is 18.6 Å². The maximum Gasteiger partial charge on any atom is 0.176 e. The third-order valence-corrected chi connectivity index (χ3v) is 3.27. The van der Waals surface area contributed by atoms with Crippen LogP contribution in [-0.4, -0.2) is 0 Å². The Morgan fingerprint density at radius 1 is 1.08 bits per heavy atom. The Labute approximate surface area is 85.2 Å². The zero-order chi connectivity index (χ0) is 9.46. The molecule has 0 saturated carbocycles. The van der Waals surface area contributed by atoms with Crippen molar-refractivity contribution >= 4 is 37.5 Å². The van der Waals surface area contributed by atoms with Crippen LogP contribution in [0.4, 0.5) is 14.5 Å². The smallest absolute Gasteiger partial charge is 0.176 e. The molecule has 1 aromatic carbocycles. The second-order valence-electron chi connectivity index (χ2n) is 2.29. The third-order valence-electron chi connectivity index (χ3n) is 1.55. The number of anilines is 1. The maximum atomic E-state index is 12.9. The monoisotopic (exact) mass is 299 g/mol. The topological polar surface area (TPSA) is 26.0 Å². The molecule has 0 saturated heterocycles. The van der Waals surface area contributed by atoms with Crippen LogP contribution in [0.25, 0.3) is 0 Å². The summed E-state index contributed by atoms with van der Waals surface area (Å²) in [5.74, 6) is -1.89. The van der Waals surface area contributed by atoms with Crippen molar-refractivity contribution in [2.45, 2.75) is 6.92 Å². The number of hydrogen-bond acceptors (Lipinski definition) is 1. The summed E-state index contributed by atoms with van der Waals surface area (Å²) in [7, 11) is 0. The molecule has 0 radical (unpaired) electrons. The molecule has 0 aliphatic carbocycles. The highest BCUT2D eigenvalue weighted by molar-refractivity contribution is 9.11. The second-order valence-corrected chi connectivity index (χ2v) is 3.88. The largest absolute Gasteiger partial charge is 0.397 e. The molecule has 5 heteroatoms. The standard InChI is InChI=1S/C7H5Br2F2N/c1-2-3(8)5(10)6(11)4(9)7(2)12/h12H2,1H3. The molecule has 0 aliphatic heterocycles. The molecule has 1 aromatic rings. The van der Waals surface area contributed by atoms with Crippen LogP contribution in [0.3, 0.4) is 0 Å². The molecule has 12 heavy (non-hydrogen) atoms. The molecule has 1 rings (SSSR count). The van der Waals surface area contributed by atoms with Gasteiger partial charge >= 0.3 is 0 Å². The number of rotatable bonds is 0. The van der Waals surface area contributed by atoms with E-state index in [-0.39, 0.29) is 14.6 Å². The summed E-state index contributed by atoms with van der Waals surface area (Å²) in [6.45, 7) is 1.60. The number of halogens is 4. The Morgan fingerprint density at radius 3 is 2.00 bits per heavy atom. The first-order valence-electron chi connectivity index (χ1n) is 3.04. The van der Waals surface area contributed by atoms with Crippen molar-refractivity contribution in [1.29, 1.82) is 0 Å². The highest BCUT2D eigenvalue weighted by Gasteiger charge is 2.17. The number of benzene rings is 1. The third kappa shape index (κ3) is 1.35. The molecular formula is C7H5Br2F2N. The Hall–Kier alpha value is -0.160. The van der Waals surface area contributed by atoms with Crippen molar-refractivity contribution in [3.63, 3.8) is 0 Å². The van der Waals surface area contributed by atoms with Gasteiger partial charge in [0, 0.05) is 0 Å². The molecular weight excluding hydrogens is 296 g/mol. The van der Waals surface area contributed by atoms with Gasteiger partial charge in [-0.05, 0) is 44.3 Å². The fourth-order valence-electron chi connectivity index (χ4n) is 0.758. The van der Waals surface area contributed by atoms with Crippen LogP contribution in [0.1, 0.15) is 5.56 Å². The van der Waals surface area contributed by atoms with Crippen LogP contribution >= 0.6 is 31.9 Å². The fraction of sp³-hybridized carbons (Fsp3) is 0.143. The van der Waals surface area contributed by atoms with Gasteiger partial charge in [0.1, 0.15) is 0 Å². The summed E-state index contributed by atoms with van der Waals surface area (Å²) in [5, 5.41) is 0. The number of nitrogen functional groups attached to an aromatic ring is 1. The van der Waals surface area contributed by atoms with Crippen molar-refractivity contribution in [2.75, 3.05) is 5.73 Å². The molecule has 0 fully saturated rings. The highest BCUT2D eigenvalue weighted by Crippen LogP contribution is 2.34. The van der Waals surface area contributed by atoms with Crippen molar-refractivity contribution in [3.05, 3.63) is 26.1 Å². The van der Waals surface area contributed by atoms with Crippen molar-refractivity contribution in [2.24, 2.45) is 0 Å². The summed E-state index contributed by atoms with van der Waals surface area (Å²) in [5.41, 5.74) is 6.16. The number of hydrogen-bond donors (Lipinski definition) is 1. The summed E-state index contributed by atoms with van der Waals surface area (Å²) in [6, 6.07) is 0. The minimum absolute atomic E-state index is 0.0271. The van der Waals surface area contributed by atoms with E-state index in [1.807, 2.05) is 0 Å². The van der Waals surface area contributed by atoms with Gasteiger partial charge in [-0.3, -0.25) is 0 Å². The van der Waals surface area contributed by atoms with Gasteiger partial charge in [-0.15, -0.1) is 0 Å². The minimum atomic E-state index is -0.968. The Bertz CT molecular complexity index is 234. The van der Waals surface area contributed by atoms with E-state index < -0.39 is 11.6 Å². The highest BCUT2D eigenvalue weighted by atomic mass is 79.9. The summed E-state index contributed by atoms with van der Waals surface area (Å²) in [4.78, 5) is 0. The predicted octanol–water partition coefficient (Wildman–Crippen LogP) is 3.38. The van der Waals surface area contributed by atoms with Crippen LogP contribution in [0.15, 0.2) is 8.95 Å².